The van der Waals surface area contributed by atoms with Gasteiger partial charge in [-0.2, -0.15) is 0 Å². The summed E-state index contributed by atoms with van der Waals surface area (Å²) in [5, 5.41) is 11.2. The second kappa shape index (κ2) is 6.23. The van der Waals surface area contributed by atoms with E-state index in [-0.39, 0.29) is 12.3 Å². The van der Waals surface area contributed by atoms with Crippen LogP contribution in [0.5, 0.6) is 0 Å². The summed E-state index contributed by atoms with van der Waals surface area (Å²) in [5.41, 5.74) is 0.618. The van der Waals surface area contributed by atoms with Crippen LogP contribution in [0.4, 0.5) is 5.82 Å². The minimum Gasteiger partial charge on any atom is -0.384 e. The lowest BCUT2D eigenvalue weighted by atomic mass is 10.2. The summed E-state index contributed by atoms with van der Waals surface area (Å²) in [7, 11) is 0. The van der Waals surface area contributed by atoms with Gasteiger partial charge in [0.2, 0.25) is 0 Å². The SMILES string of the molecule is O=C(Nc1cnccn1)c1ncccc1C#CCO. The van der Waals surface area contributed by atoms with E-state index in [1.807, 2.05) is 0 Å². The van der Waals surface area contributed by atoms with Gasteiger partial charge in [-0.15, -0.1) is 0 Å². The van der Waals surface area contributed by atoms with Crippen molar-refractivity contribution < 1.29 is 9.90 Å². The van der Waals surface area contributed by atoms with Crippen molar-refractivity contribution in [1.82, 2.24) is 15.0 Å². The second-order valence-electron chi connectivity index (χ2n) is 3.40. The van der Waals surface area contributed by atoms with Crippen LogP contribution in [0.15, 0.2) is 36.9 Å². The van der Waals surface area contributed by atoms with Gasteiger partial charge >= 0.3 is 0 Å². The molecule has 2 heterocycles. The highest BCUT2D eigenvalue weighted by atomic mass is 16.2. The van der Waals surface area contributed by atoms with Crippen molar-refractivity contribution in [2.75, 3.05) is 11.9 Å². The molecule has 0 saturated carbocycles. The Kier molecular flexibility index (Phi) is 4.16. The van der Waals surface area contributed by atoms with Crippen LogP contribution < -0.4 is 5.32 Å². The first kappa shape index (κ1) is 12.7. The molecular weight excluding hydrogens is 244 g/mol. The Morgan fingerprint density at radius 3 is 2.95 bits per heavy atom. The summed E-state index contributed by atoms with van der Waals surface area (Å²) in [6.07, 6.45) is 5.91. The number of carbonyl (C=O) groups is 1. The Labute approximate surface area is 109 Å². The molecule has 2 aromatic rings. The molecule has 6 heteroatoms. The Hall–Kier alpha value is -2.78. The third-order valence-electron chi connectivity index (χ3n) is 2.13. The van der Waals surface area contributed by atoms with E-state index < -0.39 is 5.91 Å². The minimum atomic E-state index is -0.427. The lowest BCUT2D eigenvalue weighted by Gasteiger charge is -2.04. The van der Waals surface area contributed by atoms with E-state index >= 15 is 0 Å². The van der Waals surface area contributed by atoms with Crippen molar-refractivity contribution in [3.8, 4) is 11.8 Å². The number of rotatable bonds is 2. The number of hydrogen-bond acceptors (Lipinski definition) is 5. The van der Waals surface area contributed by atoms with Gasteiger partial charge in [0.25, 0.3) is 5.91 Å². The number of aliphatic hydroxyl groups excluding tert-OH is 1. The molecule has 0 unspecified atom stereocenters. The topological polar surface area (TPSA) is 88.0 Å². The van der Waals surface area contributed by atoms with Crippen LogP contribution in [0.25, 0.3) is 0 Å². The van der Waals surface area contributed by atoms with E-state index in [9.17, 15) is 4.79 Å². The molecule has 94 valence electrons. The summed E-state index contributed by atoms with van der Waals surface area (Å²) < 4.78 is 0. The van der Waals surface area contributed by atoms with Gasteiger partial charge in [0.05, 0.1) is 11.8 Å². The van der Waals surface area contributed by atoms with Crippen LogP contribution >= 0.6 is 0 Å². The average molecular weight is 254 g/mol. The van der Waals surface area contributed by atoms with Crippen LogP contribution in [0.3, 0.4) is 0 Å². The van der Waals surface area contributed by atoms with E-state index in [4.69, 9.17) is 5.11 Å². The van der Waals surface area contributed by atoms with Gasteiger partial charge in [-0.3, -0.25) is 9.78 Å². The van der Waals surface area contributed by atoms with Crippen molar-refractivity contribution >= 4 is 11.7 Å². The number of anilines is 1. The number of aromatic nitrogens is 3. The molecule has 0 atom stereocenters. The van der Waals surface area contributed by atoms with Gasteiger partial charge in [0.15, 0.2) is 5.82 Å². The van der Waals surface area contributed by atoms with Crippen molar-refractivity contribution in [2.45, 2.75) is 0 Å². The zero-order valence-electron chi connectivity index (χ0n) is 9.87. The molecule has 0 aliphatic heterocycles. The molecule has 0 radical (unpaired) electrons. The first-order valence-corrected chi connectivity index (χ1v) is 5.43. The third kappa shape index (κ3) is 3.34. The molecule has 0 aliphatic rings. The summed E-state index contributed by atoms with van der Waals surface area (Å²) in [6.45, 7) is -0.278. The van der Waals surface area contributed by atoms with Crippen LogP contribution in [-0.4, -0.2) is 32.6 Å². The zero-order chi connectivity index (χ0) is 13.5. The molecule has 2 N–H and O–H groups in total. The number of nitrogens with zero attached hydrogens (tertiary/aromatic N) is 3. The number of hydrogen-bond donors (Lipinski definition) is 2. The molecule has 0 saturated heterocycles. The monoisotopic (exact) mass is 254 g/mol. The fraction of sp³-hybridized carbons (Fsp3) is 0.0769. The normalized spacial score (nSPS) is 9.32. The molecule has 2 aromatic heterocycles. The number of carbonyl (C=O) groups excluding carboxylic acids is 1. The summed E-state index contributed by atoms with van der Waals surface area (Å²) in [4.78, 5) is 23.8. The Balaban J connectivity index is 2.24. The quantitative estimate of drug-likeness (QED) is 0.760. The first-order valence-electron chi connectivity index (χ1n) is 5.43. The highest BCUT2D eigenvalue weighted by Gasteiger charge is 2.12. The molecule has 2 rings (SSSR count). The van der Waals surface area contributed by atoms with E-state index in [0.717, 1.165) is 0 Å². The molecule has 0 bridgehead atoms. The van der Waals surface area contributed by atoms with E-state index in [1.165, 1.54) is 24.8 Å². The van der Waals surface area contributed by atoms with Gasteiger partial charge in [0, 0.05) is 18.6 Å². The van der Waals surface area contributed by atoms with Gasteiger partial charge in [-0.05, 0) is 12.1 Å². The van der Waals surface area contributed by atoms with Crippen molar-refractivity contribution in [3.05, 3.63) is 48.2 Å². The van der Waals surface area contributed by atoms with E-state index in [0.29, 0.717) is 11.4 Å². The van der Waals surface area contributed by atoms with Crippen molar-refractivity contribution in [3.63, 3.8) is 0 Å². The maximum atomic E-state index is 12.0. The Bertz CT molecular complexity index is 632. The lowest BCUT2D eigenvalue weighted by molar-refractivity contribution is 0.102. The lowest BCUT2D eigenvalue weighted by Crippen LogP contribution is -2.16. The maximum absolute atomic E-state index is 12.0. The van der Waals surface area contributed by atoms with E-state index in [1.54, 1.807) is 12.1 Å². The maximum Gasteiger partial charge on any atom is 0.276 e. The van der Waals surface area contributed by atoms with E-state index in [2.05, 4.69) is 32.1 Å². The predicted molar refractivity (Wildman–Crippen MR) is 68.2 cm³/mol. The molecule has 0 aliphatic carbocycles. The number of aliphatic hydroxyl groups is 1. The molecule has 19 heavy (non-hydrogen) atoms. The average Bonchev–Trinajstić information content (AvgIpc) is 2.46. The van der Waals surface area contributed by atoms with Crippen LogP contribution in [0.1, 0.15) is 16.1 Å². The molecule has 0 aromatic carbocycles. The third-order valence-corrected chi connectivity index (χ3v) is 2.13. The molecule has 1 amide bonds. The van der Waals surface area contributed by atoms with Crippen LogP contribution in [0, 0.1) is 11.8 Å². The standard InChI is InChI=1S/C13H10N4O2/c18-8-2-4-10-3-1-5-16-12(10)13(19)17-11-9-14-6-7-15-11/h1,3,5-7,9,18H,8H2,(H,15,17,19). The highest BCUT2D eigenvalue weighted by molar-refractivity contribution is 6.03. The molecule has 6 nitrogen and oxygen atoms in total. The fourth-order valence-electron chi connectivity index (χ4n) is 1.36. The summed E-state index contributed by atoms with van der Waals surface area (Å²) >= 11 is 0. The Morgan fingerprint density at radius 2 is 2.21 bits per heavy atom. The smallest absolute Gasteiger partial charge is 0.276 e. The molecule has 0 spiro atoms. The summed E-state index contributed by atoms with van der Waals surface area (Å²) in [5.74, 6) is 5.06. The van der Waals surface area contributed by atoms with Gasteiger partial charge in [-0.1, -0.05) is 11.8 Å². The summed E-state index contributed by atoms with van der Waals surface area (Å²) in [6, 6.07) is 3.32. The highest BCUT2D eigenvalue weighted by Crippen LogP contribution is 2.07. The number of amides is 1. The number of pyridine rings is 1. The van der Waals surface area contributed by atoms with Gasteiger partial charge in [0.1, 0.15) is 12.3 Å². The fourth-order valence-corrected chi connectivity index (χ4v) is 1.36. The first-order chi connectivity index (χ1) is 9.31. The van der Waals surface area contributed by atoms with Crippen molar-refractivity contribution in [1.29, 1.82) is 0 Å². The molecular formula is C13H10N4O2. The number of nitrogens with one attached hydrogen (secondary N) is 1. The Morgan fingerprint density at radius 1 is 1.32 bits per heavy atom. The minimum absolute atomic E-state index is 0.175. The van der Waals surface area contributed by atoms with Crippen LogP contribution in [0.2, 0.25) is 0 Å². The van der Waals surface area contributed by atoms with Crippen LogP contribution in [-0.2, 0) is 0 Å². The van der Waals surface area contributed by atoms with Crippen molar-refractivity contribution in [2.24, 2.45) is 0 Å². The zero-order valence-corrected chi connectivity index (χ0v) is 9.87. The molecule has 0 fully saturated rings. The second-order valence-corrected chi connectivity index (χ2v) is 3.40. The predicted octanol–water partition coefficient (Wildman–Crippen LogP) is 0.468. The van der Waals surface area contributed by atoms with Gasteiger partial charge < -0.3 is 10.4 Å². The van der Waals surface area contributed by atoms with Gasteiger partial charge in [-0.25, -0.2) is 9.97 Å². The largest absolute Gasteiger partial charge is 0.384 e.